The molecule has 0 unspecified atom stereocenters. The zero-order valence-electron chi connectivity index (χ0n) is 17.0. The maximum absolute atomic E-state index is 13.4. The van der Waals surface area contributed by atoms with Crippen molar-refractivity contribution in [1.82, 2.24) is 9.55 Å². The number of hydrogen-bond donors (Lipinski definition) is 0. The van der Waals surface area contributed by atoms with Crippen molar-refractivity contribution in [2.24, 2.45) is 0 Å². The molecule has 0 saturated heterocycles. The zero-order valence-corrected chi connectivity index (χ0v) is 17.8. The van der Waals surface area contributed by atoms with E-state index >= 15 is 0 Å². The van der Waals surface area contributed by atoms with Gasteiger partial charge in [-0.2, -0.15) is 0 Å². The van der Waals surface area contributed by atoms with Crippen molar-refractivity contribution in [3.05, 3.63) is 93.8 Å². The summed E-state index contributed by atoms with van der Waals surface area (Å²) < 4.78 is 7.15. The number of thioether (sulfide) groups is 1. The molecule has 0 atom stereocenters. The van der Waals surface area contributed by atoms with Gasteiger partial charge in [0.15, 0.2) is 10.9 Å². The molecule has 6 heteroatoms. The molecule has 5 rings (SSSR count). The lowest BCUT2D eigenvalue weighted by molar-refractivity contribution is 0.102. The Morgan fingerprint density at radius 3 is 2.77 bits per heavy atom. The maximum Gasteiger partial charge on any atom is 0.266 e. The van der Waals surface area contributed by atoms with Gasteiger partial charge in [0, 0.05) is 12.0 Å². The quantitative estimate of drug-likeness (QED) is 0.264. The first-order chi connectivity index (χ1) is 15.1. The molecule has 0 bridgehead atoms. The van der Waals surface area contributed by atoms with Gasteiger partial charge >= 0.3 is 0 Å². The highest BCUT2D eigenvalue weighted by atomic mass is 32.2. The second kappa shape index (κ2) is 8.04. The van der Waals surface area contributed by atoms with Crippen molar-refractivity contribution >= 4 is 28.4 Å². The Kier molecular flexibility index (Phi) is 5.08. The smallest absolute Gasteiger partial charge is 0.266 e. The molecule has 1 aliphatic rings. The van der Waals surface area contributed by atoms with Crippen LogP contribution in [0.4, 0.5) is 0 Å². The molecule has 3 aromatic carbocycles. The van der Waals surface area contributed by atoms with E-state index in [0.717, 1.165) is 29.0 Å². The predicted molar refractivity (Wildman–Crippen MR) is 123 cm³/mol. The number of benzene rings is 3. The maximum atomic E-state index is 13.4. The molecule has 0 aliphatic carbocycles. The largest absolute Gasteiger partial charge is 0.493 e. The number of para-hydroxylation sites is 2. The van der Waals surface area contributed by atoms with Gasteiger partial charge in [0.2, 0.25) is 0 Å². The molecule has 5 nitrogen and oxygen atoms in total. The fraction of sp³-hybridized carbons (Fsp3) is 0.160. The first-order valence-corrected chi connectivity index (χ1v) is 11.1. The van der Waals surface area contributed by atoms with E-state index in [1.54, 1.807) is 16.7 Å². The van der Waals surface area contributed by atoms with E-state index in [4.69, 9.17) is 9.72 Å². The molecule has 0 radical (unpaired) electrons. The third kappa shape index (κ3) is 3.64. The van der Waals surface area contributed by atoms with Crippen LogP contribution in [0, 0.1) is 6.92 Å². The first kappa shape index (κ1) is 19.6. The molecule has 4 aromatic rings. The van der Waals surface area contributed by atoms with E-state index in [1.165, 1.54) is 11.8 Å². The Balaban J connectivity index is 1.53. The molecule has 0 N–H and O–H groups in total. The number of Topliss-reactive ketones (excluding diaryl/α,β-unsaturated/α-hetero) is 1. The fourth-order valence-electron chi connectivity index (χ4n) is 3.81. The highest BCUT2D eigenvalue weighted by molar-refractivity contribution is 7.99. The number of aryl methyl sites for hydroxylation is 1. The van der Waals surface area contributed by atoms with Crippen molar-refractivity contribution in [2.45, 2.75) is 18.5 Å². The van der Waals surface area contributed by atoms with E-state index in [-0.39, 0.29) is 17.1 Å². The van der Waals surface area contributed by atoms with Gasteiger partial charge in [0.25, 0.3) is 5.56 Å². The Morgan fingerprint density at radius 2 is 1.90 bits per heavy atom. The van der Waals surface area contributed by atoms with Crippen LogP contribution >= 0.6 is 11.8 Å². The van der Waals surface area contributed by atoms with E-state index in [0.29, 0.717) is 28.2 Å². The SMILES string of the molecule is Cc1ccccc1-n1c(SCC(=O)c2ccc3c(c2)CCO3)nc2ccccc2c1=O. The van der Waals surface area contributed by atoms with Crippen LogP contribution in [-0.2, 0) is 6.42 Å². The number of ketones is 1. The minimum Gasteiger partial charge on any atom is -0.493 e. The van der Waals surface area contributed by atoms with Gasteiger partial charge in [-0.15, -0.1) is 0 Å². The summed E-state index contributed by atoms with van der Waals surface area (Å²) in [4.78, 5) is 31.0. The van der Waals surface area contributed by atoms with Gasteiger partial charge < -0.3 is 4.74 Å². The first-order valence-electron chi connectivity index (χ1n) is 10.1. The Hall–Kier alpha value is -3.38. The lowest BCUT2D eigenvalue weighted by Gasteiger charge is -2.15. The molecule has 0 saturated carbocycles. The number of fused-ring (bicyclic) bond motifs is 2. The average Bonchev–Trinajstić information content (AvgIpc) is 3.26. The van der Waals surface area contributed by atoms with Crippen LogP contribution in [0.25, 0.3) is 16.6 Å². The van der Waals surface area contributed by atoms with Crippen LogP contribution in [0.3, 0.4) is 0 Å². The summed E-state index contributed by atoms with van der Waals surface area (Å²) in [5, 5.41) is 1.07. The second-order valence-electron chi connectivity index (χ2n) is 7.47. The van der Waals surface area contributed by atoms with Crippen LogP contribution in [-0.4, -0.2) is 27.7 Å². The van der Waals surface area contributed by atoms with Crippen molar-refractivity contribution in [3.63, 3.8) is 0 Å². The number of ether oxygens (including phenoxy) is 1. The Labute approximate surface area is 183 Å². The van der Waals surface area contributed by atoms with E-state index in [1.807, 2.05) is 61.5 Å². The Morgan fingerprint density at radius 1 is 1.10 bits per heavy atom. The third-order valence-corrected chi connectivity index (χ3v) is 6.38. The summed E-state index contributed by atoms with van der Waals surface area (Å²) >= 11 is 1.29. The van der Waals surface area contributed by atoms with Crippen LogP contribution in [0.5, 0.6) is 5.75 Å². The van der Waals surface area contributed by atoms with Gasteiger partial charge in [-0.05, 0) is 54.4 Å². The van der Waals surface area contributed by atoms with Crippen molar-refractivity contribution < 1.29 is 9.53 Å². The zero-order chi connectivity index (χ0) is 21.4. The normalized spacial score (nSPS) is 12.5. The van der Waals surface area contributed by atoms with Crippen LogP contribution in [0.2, 0.25) is 0 Å². The molecule has 0 spiro atoms. The summed E-state index contributed by atoms with van der Waals surface area (Å²) in [7, 11) is 0. The van der Waals surface area contributed by atoms with Gasteiger partial charge in [-0.3, -0.25) is 14.2 Å². The molecule has 1 aliphatic heterocycles. The summed E-state index contributed by atoms with van der Waals surface area (Å²) in [5.74, 6) is 1.04. The highest BCUT2D eigenvalue weighted by Crippen LogP contribution is 2.28. The predicted octanol–water partition coefficient (Wildman–Crippen LogP) is 4.60. The lowest BCUT2D eigenvalue weighted by Crippen LogP contribution is -2.23. The summed E-state index contributed by atoms with van der Waals surface area (Å²) in [5.41, 5.74) is 3.95. The second-order valence-corrected chi connectivity index (χ2v) is 8.41. The van der Waals surface area contributed by atoms with Crippen LogP contribution in [0.1, 0.15) is 21.5 Å². The standard InChI is InChI=1S/C25H20N2O3S/c1-16-6-2-5-9-21(16)27-24(29)19-7-3-4-8-20(19)26-25(27)31-15-22(28)17-10-11-23-18(14-17)12-13-30-23/h2-11,14H,12-13,15H2,1H3. The van der Waals surface area contributed by atoms with Gasteiger partial charge in [0.05, 0.1) is 29.0 Å². The molecule has 2 heterocycles. The minimum absolute atomic E-state index is 0.00144. The summed E-state index contributed by atoms with van der Waals surface area (Å²) in [6, 6.07) is 20.6. The molecular weight excluding hydrogens is 408 g/mol. The monoisotopic (exact) mass is 428 g/mol. The number of nitrogens with zero attached hydrogens (tertiary/aromatic N) is 2. The summed E-state index contributed by atoms with van der Waals surface area (Å²) in [6.07, 6.45) is 0.822. The molecular formula is C25H20N2O3S. The van der Waals surface area contributed by atoms with Gasteiger partial charge in [-0.1, -0.05) is 42.1 Å². The topological polar surface area (TPSA) is 61.2 Å². The highest BCUT2D eigenvalue weighted by Gasteiger charge is 2.18. The number of hydrogen-bond acceptors (Lipinski definition) is 5. The van der Waals surface area contributed by atoms with Crippen molar-refractivity contribution in [3.8, 4) is 11.4 Å². The molecule has 0 fully saturated rings. The number of rotatable bonds is 5. The van der Waals surface area contributed by atoms with E-state index < -0.39 is 0 Å². The molecule has 154 valence electrons. The molecule has 1 aromatic heterocycles. The van der Waals surface area contributed by atoms with Crippen molar-refractivity contribution in [2.75, 3.05) is 12.4 Å². The third-order valence-electron chi connectivity index (χ3n) is 5.45. The number of carbonyl (C=O) groups excluding carboxylic acids is 1. The van der Waals surface area contributed by atoms with Crippen molar-refractivity contribution in [1.29, 1.82) is 0 Å². The lowest BCUT2D eigenvalue weighted by atomic mass is 10.1. The van der Waals surface area contributed by atoms with Gasteiger partial charge in [-0.25, -0.2) is 4.98 Å². The van der Waals surface area contributed by atoms with Gasteiger partial charge in [0.1, 0.15) is 5.75 Å². The van der Waals surface area contributed by atoms with Crippen LogP contribution in [0.15, 0.2) is 76.7 Å². The molecule has 0 amide bonds. The average molecular weight is 429 g/mol. The minimum atomic E-state index is -0.135. The number of carbonyl (C=O) groups is 1. The Bertz CT molecular complexity index is 1380. The van der Waals surface area contributed by atoms with E-state index in [2.05, 4.69) is 0 Å². The fourth-order valence-corrected chi connectivity index (χ4v) is 4.71. The molecule has 31 heavy (non-hydrogen) atoms. The summed E-state index contributed by atoms with van der Waals surface area (Å²) in [6.45, 7) is 2.62. The van der Waals surface area contributed by atoms with E-state index in [9.17, 15) is 9.59 Å². The van der Waals surface area contributed by atoms with Crippen LogP contribution < -0.4 is 10.3 Å². The number of aromatic nitrogens is 2.